The van der Waals surface area contributed by atoms with Crippen molar-refractivity contribution in [1.29, 1.82) is 0 Å². The zero-order chi connectivity index (χ0) is 17.5. The van der Waals surface area contributed by atoms with Crippen LogP contribution in [-0.4, -0.2) is 19.7 Å². The number of hydrogen-bond acceptors (Lipinski definition) is 3. The number of ketones is 1. The van der Waals surface area contributed by atoms with Gasteiger partial charge < -0.3 is 0 Å². The van der Waals surface area contributed by atoms with Crippen LogP contribution in [0.3, 0.4) is 0 Å². The van der Waals surface area contributed by atoms with Crippen molar-refractivity contribution in [1.82, 2.24) is 0 Å². The minimum Gasteiger partial charge on any atom is -0.294 e. The lowest BCUT2D eigenvalue weighted by atomic mass is 9.86. The second-order valence-corrected chi connectivity index (χ2v) is 7.93. The molecule has 0 fully saturated rings. The molecule has 22 heavy (non-hydrogen) atoms. The molecule has 1 rings (SSSR count). The van der Waals surface area contributed by atoms with Gasteiger partial charge in [-0.15, -0.1) is 0 Å². The highest BCUT2D eigenvalue weighted by atomic mass is 35.5. The molecule has 0 atom stereocenters. The van der Waals surface area contributed by atoms with E-state index in [-0.39, 0.29) is 11.3 Å². The molecule has 1 aromatic rings. The molecule has 0 heterocycles. The van der Waals surface area contributed by atoms with Gasteiger partial charge in [-0.05, 0) is 12.1 Å². The molecule has 4 nitrogen and oxygen atoms in total. The monoisotopic (exact) mass is 377 g/mol. The fourth-order valence-electron chi connectivity index (χ4n) is 1.43. The van der Waals surface area contributed by atoms with Gasteiger partial charge in [0.2, 0.25) is 0 Å². The van der Waals surface area contributed by atoms with Gasteiger partial charge in [-0.2, -0.15) is 21.6 Å². The quantitative estimate of drug-likeness (QED) is 0.789. The molecule has 0 spiro atoms. The van der Waals surface area contributed by atoms with Crippen LogP contribution in [0.25, 0.3) is 0 Å². The van der Waals surface area contributed by atoms with Crippen LogP contribution in [0, 0.1) is 5.41 Å². The molecule has 0 radical (unpaired) electrons. The molecule has 1 N–H and O–H groups in total. The number of carbonyl (C=O) groups is 1. The summed E-state index contributed by atoms with van der Waals surface area (Å²) in [5.74, 6) is -0.346. The fraction of sp³-hybridized carbons (Fsp3) is 0.417. The number of alkyl halides is 3. The Morgan fingerprint density at radius 2 is 1.50 bits per heavy atom. The van der Waals surface area contributed by atoms with Gasteiger partial charge >= 0.3 is 15.5 Å². The van der Waals surface area contributed by atoms with E-state index >= 15 is 0 Å². The van der Waals surface area contributed by atoms with Gasteiger partial charge in [0.05, 0.1) is 15.7 Å². The zero-order valence-electron chi connectivity index (χ0n) is 11.7. The third-order valence-corrected chi connectivity index (χ3v) is 4.21. The van der Waals surface area contributed by atoms with Crippen molar-refractivity contribution in [3.8, 4) is 0 Å². The third-order valence-electron chi connectivity index (χ3n) is 2.53. The highest BCUT2D eigenvalue weighted by molar-refractivity contribution is 7.93. The van der Waals surface area contributed by atoms with Gasteiger partial charge in [0.1, 0.15) is 0 Å². The summed E-state index contributed by atoms with van der Waals surface area (Å²) in [5, 5.41) is -0.819. The molecule has 0 saturated carbocycles. The van der Waals surface area contributed by atoms with E-state index in [1.807, 2.05) is 0 Å². The van der Waals surface area contributed by atoms with Gasteiger partial charge in [-0.25, -0.2) is 0 Å². The van der Waals surface area contributed by atoms with Crippen LogP contribution in [0.1, 0.15) is 31.1 Å². The smallest absolute Gasteiger partial charge is 0.294 e. The number of hydrogen-bond donors (Lipinski definition) is 1. The van der Waals surface area contributed by atoms with E-state index < -0.39 is 36.7 Å². The molecule has 0 unspecified atom stereocenters. The maximum absolute atomic E-state index is 12.4. The number of nitrogens with one attached hydrogen (secondary N) is 1. The molecule has 0 amide bonds. The summed E-state index contributed by atoms with van der Waals surface area (Å²) in [4.78, 5) is 12.1. The van der Waals surface area contributed by atoms with Crippen LogP contribution in [0.5, 0.6) is 0 Å². The zero-order valence-corrected chi connectivity index (χ0v) is 14.0. The molecule has 0 bridgehead atoms. The van der Waals surface area contributed by atoms with E-state index in [1.165, 1.54) is 4.72 Å². The van der Waals surface area contributed by atoms with Crippen LogP contribution < -0.4 is 4.72 Å². The molecule has 0 aliphatic rings. The third kappa shape index (κ3) is 4.05. The predicted molar refractivity (Wildman–Crippen MR) is 78.8 cm³/mol. The van der Waals surface area contributed by atoms with Gasteiger partial charge in [-0.3, -0.25) is 9.52 Å². The first-order valence-electron chi connectivity index (χ1n) is 5.80. The Hall–Kier alpha value is -0.990. The van der Waals surface area contributed by atoms with E-state index in [4.69, 9.17) is 23.2 Å². The van der Waals surface area contributed by atoms with Crippen LogP contribution in [0.4, 0.5) is 18.9 Å². The van der Waals surface area contributed by atoms with Crippen molar-refractivity contribution < 1.29 is 26.4 Å². The first-order chi connectivity index (χ1) is 9.67. The second-order valence-electron chi connectivity index (χ2n) is 5.45. The van der Waals surface area contributed by atoms with Crippen molar-refractivity contribution >= 4 is 44.7 Å². The molecule has 0 aliphatic carbocycles. The SMILES string of the molecule is CC(C)(C)C(=O)c1cc(Cl)c(NS(=O)(=O)C(F)(F)F)c(Cl)c1. The van der Waals surface area contributed by atoms with Crippen molar-refractivity contribution in [2.24, 2.45) is 5.41 Å². The number of Topliss-reactive ketones (excluding diaryl/α,β-unsaturated/α-hetero) is 1. The van der Waals surface area contributed by atoms with Gasteiger partial charge in [0, 0.05) is 11.0 Å². The van der Waals surface area contributed by atoms with E-state index in [2.05, 4.69) is 0 Å². The maximum Gasteiger partial charge on any atom is 0.516 e. The Morgan fingerprint density at radius 1 is 1.09 bits per heavy atom. The fourth-order valence-corrected chi connectivity index (χ4v) is 2.72. The summed E-state index contributed by atoms with van der Waals surface area (Å²) < 4.78 is 60.5. The number of rotatable bonds is 3. The number of sulfonamides is 1. The van der Waals surface area contributed by atoms with Crippen molar-refractivity contribution in [2.75, 3.05) is 4.72 Å². The Morgan fingerprint density at radius 3 is 1.82 bits per heavy atom. The van der Waals surface area contributed by atoms with E-state index in [9.17, 15) is 26.4 Å². The van der Waals surface area contributed by atoms with Crippen LogP contribution in [0.15, 0.2) is 12.1 Å². The normalized spacial score (nSPS) is 13.1. The summed E-state index contributed by atoms with van der Waals surface area (Å²) in [5.41, 5.74) is -6.84. The molecule has 1 aromatic carbocycles. The summed E-state index contributed by atoms with van der Waals surface area (Å²) >= 11 is 11.5. The molecular formula is C12H12Cl2F3NO3S. The van der Waals surface area contributed by atoms with Crippen molar-refractivity contribution in [3.63, 3.8) is 0 Å². The highest BCUT2D eigenvalue weighted by Crippen LogP contribution is 2.36. The van der Waals surface area contributed by atoms with Crippen LogP contribution >= 0.6 is 23.2 Å². The largest absolute Gasteiger partial charge is 0.516 e. The van der Waals surface area contributed by atoms with Crippen LogP contribution in [-0.2, 0) is 10.0 Å². The van der Waals surface area contributed by atoms with E-state index in [0.29, 0.717) is 0 Å². The second kappa shape index (κ2) is 5.90. The molecule has 0 aliphatic heterocycles. The summed E-state index contributed by atoms with van der Waals surface area (Å²) in [6, 6.07) is 2.13. The summed E-state index contributed by atoms with van der Waals surface area (Å²) in [6.45, 7) is 4.91. The molecule has 10 heteroatoms. The first kappa shape index (κ1) is 19.1. The van der Waals surface area contributed by atoms with Gasteiger partial charge in [0.25, 0.3) is 0 Å². The Labute approximate surface area is 135 Å². The van der Waals surface area contributed by atoms with Gasteiger partial charge in [-0.1, -0.05) is 44.0 Å². The van der Waals surface area contributed by atoms with E-state index in [1.54, 1.807) is 20.8 Å². The number of anilines is 1. The van der Waals surface area contributed by atoms with Gasteiger partial charge in [0.15, 0.2) is 5.78 Å². The number of halogens is 5. The average Bonchev–Trinajstić information content (AvgIpc) is 2.30. The lowest BCUT2D eigenvalue weighted by Gasteiger charge is -2.18. The minimum atomic E-state index is -5.66. The van der Waals surface area contributed by atoms with Crippen LogP contribution in [0.2, 0.25) is 10.0 Å². The molecule has 0 aromatic heterocycles. The Bertz CT molecular complexity index is 686. The molecule has 124 valence electrons. The van der Waals surface area contributed by atoms with Crippen molar-refractivity contribution in [3.05, 3.63) is 27.7 Å². The summed E-state index contributed by atoms with van der Waals surface area (Å²) in [6.07, 6.45) is 0. The minimum absolute atomic E-state index is 0.0671. The topological polar surface area (TPSA) is 63.2 Å². The van der Waals surface area contributed by atoms with Crippen molar-refractivity contribution in [2.45, 2.75) is 26.3 Å². The number of benzene rings is 1. The molecule has 0 saturated heterocycles. The average molecular weight is 378 g/mol. The molecular weight excluding hydrogens is 366 g/mol. The van der Waals surface area contributed by atoms with E-state index in [0.717, 1.165) is 12.1 Å². The summed E-state index contributed by atoms with van der Waals surface area (Å²) in [7, 11) is -5.66. The Kier molecular flexibility index (Phi) is 5.11. The lowest BCUT2D eigenvalue weighted by molar-refractivity contribution is -0.0429. The number of carbonyl (C=O) groups excluding carboxylic acids is 1. The lowest BCUT2D eigenvalue weighted by Crippen LogP contribution is -2.30. The maximum atomic E-state index is 12.4. The first-order valence-corrected chi connectivity index (χ1v) is 8.03. The Balaban J connectivity index is 3.31. The predicted octanol–water partition coefficient (Wildman–Crippen LogP) is 4.48. The highest BCUT2D eigenvalue weighted by Gasteiger charge is 2.46. The standard InChI is InChI=1S/C12H12Cl2F3NO3S/c1-11(2,3)10(19)6-4-7(13)9(8(14)5-6)18-22(20,21)12(15,16)17/h4-5,18H,1-3H3.